The quantitative estimate of drug-likeness (QED) is 0.281. The van der Waals surface area contributed by atoms with Crippen molar-refractivity contribution in [3.63, 3.8) is 0 Å². The highest BCUT2D eigenvalue weighted by atomic mass is 35.5. The van der Waals surface area contributed by atoms with E-state index in [0.717, 1.165) is 21.7 Å². The van der Waals surface area contributed by atoms with Crippen molar-refractivity contribution < 1.29 is 14.7 Å². The van der Waals surface area contributed by atoms with Crippen molar-refractivity contribution in [3.8, 4) is 5.69 Å². The molecule has 2 aromatic heterocycles. The van der Waals surface area contributed by atoms with Crippen molar-refractivity contribution in [2.24, 2.45) is 0 Å². The zero-order valence-electron chi connectivity index (χ0n) is 19.7. The van der Waals surface area contributed by atoms with Crippen LogP contribution in [0.1, 0.15) is 56.7 Å². The molecule has 37 heavy (non-hydrogen) atoms. The molecule has 2 N–H and O–H groups in total. The molecule has 186 valence electrons. The monoisotopic (exact) mass is 549 g/mol. The van der Waals surface area contributed by atoms with E-state index < -0.39 is 11.9 Å². The second kappa shape index (κ2) is 9.17. The molecule has 2 aromatic carbocycles. The van der Waals surface area contributed by atoms with Gasteiger partial charge in [-0.05, 0) is 54.6 Å². The number of carbonyl (C=O) groups excluding carboxylic acids is 1. The summed E-state index contributed by atoms with van der Waals surface area (Å²) in [4.78, 5) is 27.0. The molecule has 0 saturated heterocycles. The van der Waals surface area contributed by atoms with Gasteiger partial charge in [0.15, 0.2) is 5.78 Å². The molecule has 3 heterocycles. The lowest BCUT2D eigenvalue weighted by Gasteiger charge is -2.35. The van der Waals surface area contributed by atoms with Gasteiger partial charge in [-0.3, -0.25) is 4.79 Å². The number of benzene rings is 2. The second-order valence-corrected chi connectivity index (χ2v) is 11.1. The smallest absolute Gasteiger partial charge is 0.337 e. The molecule has 0 bridgehead atoms. The molecule has 4 aromatic rings. The summed E-state index contributed by atoms with van der Waals surface area (Å²) in [6.45, 7) is 1.87. The fourth-order valence-electron chi connectivity index (χ4n) is 5.46. The summed E-state index contributed by atoms with van der Waals surface area (Å²) in [5.41, 5.74) is 4.30. The van der Waals surface area contributed by atoms with E-state index in [-0.39, 0.29) is 17.3 Å². The fourth-order valence-corrected chi connectivity index (χ4v) is 6.81. The van der Waals surface area contributed by atoms with Crippen LogP contribution < -0.4 is 5.32 Å². The van der Waals surface area contributed by atoms with Crippen LogP contribution in [-0.2, 0) is 4.79 Å². The molecular formula is C28H21Cl2N3O3S. The van der Waals surface area contributed by atoms with Crippen molar-refractivity contribution in [1.82, 2.24) is 9.78 Å². The van der Waals surface area contributed by atoms with Gasteiger partial charge in [0.05, 0.1) is 16.9 Å². The molecule has 1 aliphatic carbocycles. The molecule has 2 aliphatic rings. The topological polar surface area (TPSA) is 84.2 Å². The van der Waals surface area contributed by atoms with Crippen LogP contribution in [-0.4, -0.2) is 26.6 Å². The maximum Gasteiger partial charge on any atom is 0.337 e. The van der Waals surface area contributed by atoms with E-state index in [0.29, 0.717) is 45.7 Å². The van der Waals surface area contributed by atoms with Gasteiger partial charge >= 0.3 is 5.97 Å². The molecule has 0 amide bonds. The van der Waals surface area contributed by atoms with Gasteiger partial charge in [-0.1, -0.05) is 47.5 Å². The predicted molar refractivity (Wildman–Crippen MR) is 146 cm³/mol. The third-order valence-electron chi connectivity index (χ3n) is 7.04. The number of thiophene rings is 1. The van der Waals surface area contributed by atoms with Crippen molar-refractivity contribution in [1.29, 1.82) is 0 Å². The first kappa shape index (κ1) is 24.0. The molecule has 9 heteroatoms. The lowest BCUT2D eigenvalue weighted by molar-refractivity contribution is -0.116. The Morgan fingerprint density at radius 1 is 1.14 bits per heavy atom. The summed E-state index contributed by atoms with van der Waals surface area (Å²) in [6.07, 6.45) is 1.06. The van der Waals surface area contributed by atoms with Crippen LogP contribution in [0.15, 0.2) is 71.2 Å². The highest BCUT2D eigenvalue weighted by Crippen LogP contribution is 2.51. The normalized spacial score (nSPS) is 18.8. The van der Waals surface area contributed by atoms with Crippen molar-refractivity contribution in [2.45, 2.75) is 31.6 Å². The van der Waals surface area contributed by atoms with E-state index in [1.54, 1.807) is 52.4 Å². The number of allylic oxidation sites excluding steroid dienone is 2. The zero-order valence-corrected chi connectivity index (χ0v) is 22.0. The number of halogens is 2. The number of hydrogen-bond acceptors (Lipinski definition) is 5. The Morgan fingerprint density at radius 3 is 2.68 bits per heavy atom. The number of nitrogens with one attached hydrogen (secondary N) is 1. The first-order valence-corrected chi connectivity index (χ1v) is 13.4. The number of carboxylic acids is 1. The highest BCUT2D eigenvalue weighted by molar-refractivity contribution is 7.10. The van der Waals surface area contributed by atoms with Crippen LogP contribution in [0.2, 0.25) is 10.0 Å². The number of aromatic nitrogens is 2. The molecule has 2 atom stereocenters. The second-order valence-electron chi connectivity index (χ2n) is 9.24. The van der Waals surface area contributed by atoms with E-state index in [1.165, 1.54) is 0 Å². The molecule has 0 spiro atoms. The van der Waals surface area contributed by atoms with Crippen LogP contribution >= 0.6 is 34.5 Å². The summed E-state index contributed by atoms with van der Waals surface area (Å²) in [5.74, 6) is -0.743. The minimum Gasteiger partial charge on any atom is -0.478 e. The number of fused-ring (bicyclic) bond motifs is 1. The largest absolute Gasteiger partial charge is 0.478 e. The van der Waals surface area contributed by atoms with Crippen LogP contribution in [0.25, 0.3) is 5.69 Å². The molecule has 0 unspecified atom stereocenters. The van der Waals surface area contributed by atoms with Gasteiger partial charge in [0.25, 0.3) is 0 Å². The van der Waals surface area contributed by atoms with Gasteiger partial charge in [-0.25, -0.2) is 9.48 Å². The molecule has 1 aliphatic heterocycles. The number of nitrogens with zero attached hydrogens (tertiary/aromatic N) is 2. The van der Waals surface area contributed by atoms with E-state index in [2.05, 4.69) is 11.4 Å². The van der Waals surface area contributed by atoms with Gasteiger partial charge < -0.3 is 10.4 Å². The molecule has 6 nitrogen and oxygen atoms in total. The number of Topliss-reactive ketones (excluding diaryl/α,β-unsaturated/α-hetero) is 1. The summed E-state index contributed by atoms with van der Waals surface area (Å²) < 4.78 is 1.63. The average molecular weight is 550 g/mol. The Balaban J connectivity index is 1.59. The van der Waals surface area contributed by atoms with E-state index in [9.17, 15) is 14.7 Å². The van der Waals surface area contributed by atoms with Crippen LogP contribution in [0.5, 0.6) is 0 Å². The Hall–Kier alpha value is -3.39. The standard InChI is InChI=1S/C28H21Cl2N3O3S/c1-14-24-25(17-9-8-16(29)13-19(17)30)26-20(11-15(12-22(26)34)23-7-4-10-37-23)31-27(24)33(32-14)21-6-3-2-5-18(21)28(35)36/h2-10,13,15,25,31H,11-12H2,1H3,(H,35,36)/t15-,25+/m0/s1. The van der Waals surface area contributed by atoms with Crippen molar-refractivity contribution in [2.75, 3.05) is 5.32 Å². The number of aromatic carboxylic acids is 1. The van der Waals surface area contributed by atoms with E-state index in [4.69, 9.17) is 28.3 Å². The van der Waals surface area contributed by atoms with Crippen molar-refractivity contribution in [3.05, 3.63) is 109 Å². The van der Waals surface area contributed by atoms with Gasteiger partial charge in [-0.2, -0.15) is 5.10 Å². The minimum atomic E-state index is -1.05. The number of aryl methyl sites for hydroxylation is 1. The third-order valence-corrected chi connectivity index (χ3v) is 8.64. The third kappa shape index (κ3) is 3.98. The zero-order chi connectivity index (χ0) is 25.8. The molecule has 0 radical (unpaired) electrons. The van der Waals surface area contributed by atoms with E-state index >= 15 is 0 Å². The predicted octanol–water partition coefficient (Wildman–Crippen LogP) is 7.21. The number of rotatable bonds is 4. The van der Waals surface area contributed by atoms with Gasteiger partial charge in [0.2, 0.25) is 0 Å². The van der Waals surface area contributed by atoms with Gasteiger partial charge in [-0.15, -0.1) is 11.3 Å². The van der Waals surface area contributed by atoms with Crippen LogP contribution in [0.4, 0.5) is 5.82 Å². The molecular weight excluding hydrogens is 529 g/mol. The van der Waals surface area contributed by atoms with E-state index in [1.807, 2.05) is 24.4 Å². The van der Waals surface area contributed by atoms with Gasteiger partial charge in [0, 0.05) is 50.0 Å². The Bertz CT molecular complexity index is 1610. The summed E-state index contributed by atoms with van der Waals surface area (Å²) in [6, 6.07) is 16.1. The lowest BCUT2D eigenvalue weighted by atomic mass is 9.73. The number of carboxylic acid groups (broad SMARTS) is 1. The minimum absolute atomic E-state index is 0.0606. The van der Waals surface area contributed by atoms with Crippen LogP contribution in [0, 0.1) is 6.92 Å². The summed E-state index contributed by atoms with van der Waals surface area (Å²) in [5, 5.41) is 21.1. The summed E-state index contributed by atoms with van der Waals surface area (Å²) >= 11 is 14.6. The number of hydrogen-bond donors (Lipinski definition) is 2. The molecule has 6 rings (SSSR count). The maximum absolute atomic E-state index is 13.8. The lowest BCUT2D eigenvalue weighted by Crippen LogP contribution is -2.30. The Labute approximate surface area is 227 Å². The first-order valence-electron chi connectivity index (χ1n) is 11.8. The Morgan fingerprint density at radius 2 is 1.95 bits per heavy atom. The Kier molecular flexibility index (Phi) is 5.94. The number of para-hydroxylation sites is 1. The number of anilines is 1. The molecule has 0 fully saturated rings. The average Bonchev–Trinajstić information content (AvgIpc) is 3.52. The number of ketones is 1. The first-order chi connectivity index (χ1) is 17.8. The highest BCUT2D eigenvalue weighted by Gasteiger charge is 2.42. The summed E-state index contributed by atoms with van der Waals surface area (Å²) in [7, 11) is 0. The fraction of sp³-hybridized carbons (Fsp3) is 0.179. The van der Waals surface area contributed by atoms with Crippen LogP contribution in [0.3, 0.4) is 0 Å². The maximum atomic E-state index is 13.8. The molecule has 0 saturated carbocycles. The number of carbonyl (C=O) groups is 2. The van der Waals surface area contributed by atoms with Gasteiger partial charge in [0.1, 0.15) is 5.82 Å². The van der Waals surface area contributed by atoms with Crippen molar-refractivity contribution >= 4 is 52.1 Å². The SMILES string of the molecule is Cc1nn(-c2ccccc2C(=O)O)c2c1[C@@H](c1ccc(Cl)cc1Cl)C1=C(C[C@H](c3cccs3)CC1=O)N2.